The second kappa shape index (κ2) is 12.5. The molecule has 0 radical (unpaired) electrons. The Bertz CT molecular complexity index is 3920. The maximum Gasteiger partial charge on any atom is 0.160 e. The van der Waals surface area contributed by atoms with Crippen molar-refractivity contribution >= 4 is 87.0 Å². The van der Waals surface area contributed by atoms with Crippen LogP contribution in [0.3, 0.4) is 0 Å². The molecule has 0 atom stereocenters. The van der Waals surface area contributed by atoms with Crippen molar-refractivity contribution in [2.45, 2.75) is 19.3 Å². The minimum Gasteiger partial charge on any atom is -0.455 e. The Morgan fingerprint density at radius 2 is 0.825 bits per heavy atom. The standard InChI is InChI=1S/C59H36N2O2/c1-59(2)46-22-12-11-21-42(46)43-26-23-37(31-47(43)59)58-60-48(44-29-35-15-5-9-19-40(35)54-52-38-17-7-3-13-33(38)24-27-50(52)62-56(44)54)32-49(61-58)45-30-36-16-6-10-20-41(36)55-53-39-18-8-4-14-34(39)25-28-51(53)63-57(45)55/h3-32H,1-2H3. The van der Waals surface area contributed by atoms with Gasteiger partial charge >= 0.3 is 0 Å². The van der Waals surface area contributed by atoms with Gasteiger partial charge in [0.25, 0.3) is 0 Å². The molecule has 3 heterocycles. The van der Waals surface area contributed by atoms with Gasteiger partial charge in [0.1, 0.15) is 22.3 Å². The number of aromatic nitrogens is 2. The number of hydrogen-bond donors (Lipinski definition) is 0. The van der Waals surface area contributed by atoms with E-state index in [9.17, 15) is 0 Å². The maximum absolute atomic E-state index is 7.00. The molecule has 13 aromatic rings. The zero-order chi connectivity index (χ0) is 41.6. The Balaban J connectivity index is 1.10. The monoisotopic (exact) mass is 804 g/mol. The molecule has 0 aliphatic heterocycles. The summed E-state index contributed by atoms with van der Waals surface area (Å²) in [5.74, 6) is 0.641. The number of rotatable bonds is 3. The van der Waals surface area contributed by atoms with Gasteiger partial charge in [-0.05, 0) is 102 Å². The van der Waals surface area contributed by atoms with Crippen LogP contribution in [0.25, 0.3) is 132 Å². The number of nitrogens with zero attached hydrogens (tertiary/aromatic N) is 2. The third-order valence-corrected chi connectivity index (χ3v) is 13.8. The van der Waals surface area contributed by atoms with Gasteiger partial charge in [0, 0.05) is 43.7 Å². The summed E-state index contributed by atoms with van der Waals surface area (Å²) in [6.07, 6.45) is 0. The van der Waals surface area contributed by atoms with Crippen LogP contribution in [-0.2, 0) is 5.41 Å². The molecule has 0 spiro atoms. The third-order valence-electron chi connectivity index (χ3n) is 13.8. The molecule has 0 fully saturated rings. The summed E-state index contributed by atoms with van der Waals surface area (Å²) >= 11 is 0. The molecule has 10 aromatic carbocycles. The summed E-state index contributed by atoms with van der Waals surface area (Å²) in [6.45, 7) is 4.64. The number of hydrogen-bond acceptors (Lipinski definition) is 4. The molecular formula is C59H36N2O2. The fourth-order valence-electron chi connectivity index (χ4n) is 10.9. The van der Waals surface area contributed by atoms with Crippen molar-refractivity contribution in [2.24, 2.45) is 0 Å². The predicted molar refractivity (Wildman–Crippen MR) is 260 cm³/mol. The molecule has 63 heavy (non-hydrogen) atoms. The highest BCUT2D eigenvalue weighted by Gasteiger charge is 2.35. The van der Waals surface area contributed by atoms with Crippen LogP contribution in [0.2, 0.25) is 0 Å². The van der Waals surface area contributed by atoms with Crippen LogP contribution >= 0.6 is 0 Å². The molecule has 0 amide bonds. The fraction of sp³-hybridized carbons (Fsp3) is 0.0508. The van der Waals surface area contributed by atoms with Gasteiger partial charge in [0.05, 0.1) is 11.4 Å². The highest BCUT2D eigenvalue weighted by atomic mass is 16.3. The van der Waals surface area contributed by atoms with Gasteiger partial charge in [0.15, 0.2) is 5.82 Å². The Morgan fingerprint density at radius 1 is 0.365 bits per heavy atom. The van der Waals surface area contributed by atoms with Crippen LogP contribution in [-0.4, -0.2) is 9.97 Å². The molecule has 0 N–H and O–H groups in total. The van der Waals surface area contributed by atoms with Gasteiger partial charge < -0.3 is 8.83 Å². The maximum atomic E-state index is 7.00. The number of fused-ring (bicyclic) bond motifs is 17. The fourth-order valence-corrected chi connectivity index (χ4v) is 10.9. The first-order valence-electron chi connectivity index (χ1n) is 21.6. The van der Waals surface area contributed by atoms with E-state index >= 15 is 0 Å². The van der Waals surface area contributed by atoms with Crippen LogP contribution in [0.1, 0.15) is 25.0 Å². The first-order valence-corrected chi connectivity index (χ1v) is 21.6. The van der Waals surface area contributed by atoms with E-state index in [4.69, 9.17) is 18.8 Å². The lowest BCUT2D eigenvalue weighted by atomic mass is 9.82. The predicted octanol–water partition coefficient (Wildman–Crippen LogP) is 16.2. The first-order chi connectivity index (χ1) is 31.0. The number of furan rings is 2. The highest BCUT2D eigenvalue weighted by molar-refractivity contribution is 6.30. The van der Waals surface area contributed by atoms with Crippen molar-refractivity contribution in [1.82, 2.24) is 9.97 Å². The van der Waals surface area contributed by atoms with Crippen molar-refractivity contribution < 1.29 is 8.83 Å². The van der Waals surface area contributed by atoms with Crippen molar-refractivity contribution in [2.75, 3.05) is 0 Å². The highest BCUT2D eigenvalue weighted by Crippen LogP contribution is 2.50. The van der Waals surface area contributed by atoms with Gasteiger partial charge in [-0.1, -0.05) is 159 Å². The van der Waals surface area contributed by atoms with E-state index in [0.29, 0.717) is 5.82 Å². The topological polar surface area (TPSA) is 52.1 Å². The lowest BCUT2D eigenvalue weighted by Crippen LogP contribution is -2.15. The molecule has 0 unspecified atom stereocenters. The molecular weight excluding hydrogens is 769 g/mol. The first kappa shape index (κ1) is 34.6. The van der Waals surface area contributed by atoms with Crippen LogP contribution in [0.15, 0.2) is 191 Å². The lowest BCUT2D eigenvalue weighted by Gasteiger charge is -2.22. The summed E-state index contributed by atoms with van der Waals surface area (Å²) in [5, 5.41) is 13.6. The molecule has 14 rings (SSSR count). The van der Waals surface area contributed by atoms with Crippen molar-refractivity contribution in [1.29, 1.82) is 0 Å². The molecule has 1 aliphatic rings. The molecule has 294 valence electrons. The minimum atomic E-state index is -0.189. The molecule has 3 aromatic heterocycles. The van der Waals surface area contributed by atoms with Crippen molar-refractivity contribution in [3.8, 4) is 45.0 Å². The quantitative estimate of drug-likeness (QED) is 0.178. The van der Waals surface area contributed by atoms with Crippen LogP contribution < -0.4 is 0 Å². The van der Waals surface area contributed by atoms with E-state index in [1.165, 1.54) is 33.0 Å². The molecule has 0 bridgehead atoms. The second-order valence-electron chi connectivity index (χ2n) is 17.6. The summed E-state index contributed by atoms with van der Waals surface area (Å²) < 4.78 is 14.0. The van der Waals surface area contributed by atoms with E-state index < -0.39 is 0 Å². The van der Waals surface area contributed by atoms with E-state index in [-0.39, 0.29) is 5.41 Å². The van der Waals surface area contributed by atoms with Crippen molar-refractivity contribution in [3.63, 3.8) is 0 Å². The zero-order valence-electron chi connectivity index (χ0n) is 34.5. The van der Waals surface area contributed by atoms with Crippen LogP contribution in [0.4, 0.5) is 0 Å². The average molecular weight is 805 g/mol. The van der Waals surface area contributed by atoms with E-state index in [2.05, 4.69) is 196 Å². The molecule has 4 heteroatoms. The smallest absolute Gasteiger partial charge is 0.160 e. The van der Waals surface area contributed by atoms with E-state index in [1.54, 1.807) is 0 Å². The largest absolute Gasteiger partial charge is 0.455 e. The van der Waals surface area contributed by atoms with Gasteiger partial charge in [-0.3, -0.25) is 0 Å². The second-order valence-corrected chi connectivity index (χ2v) is 17.6. The summed E-state index contributed by atoms with van der Waals surface area (Å²) in [5.41, 5.74) is 12.6. The van der Waals surface area contributed by atoms with E-state index in [1.807, 2.05) is 0 Å². The molecule has 4 nitrogen and oxygen atoms in total. The third kappa shape index (κ3) is 4.81. The Morgan fingerprint density at radius 3 is 1.38 bits per heavy atom. The van der Waals surface area contributed by atoms with E-state index in [0.717, 1.165) is 104 Å². The lowest BCUT2D eigenvalue weighted by molar-refractivity contribution is 0.660. The average Bonchev–Trinajstić information content (AvgIpc) is 4.00. The number of benzene rings is 10. The Labute approximate surface area is 361 Å². The SMILES string of the molecule is CC1(C)c2ccccc2-c2ccc(-c3nc(-c4cc5ccccc5c5c4oc4ccc6ccccc6c45)cc(-c4cc5ccccc5c5c4oc4ccc6ccccc6c45)n3)cc21. The molecule has 0 saturated heterocycles. The van der Waals surface area contributed by atoms with Gasteiger partial charge in [0.2, 0.25) is 0 Å². The minimum absolute atomic E-state index is 0.189. The van der Waals surface area contributed by atoms with Crippen LogP contribution in [0.5, 0.6) is 0 Å². The molecule has 1 aliphatic carbocycles. The Hall–Kier alpha value is -8.08. The normalized spacial score (nSPS) is 13.4. The summed E-state index contributed by atoms with van der Waals surface area (Å²) in [4.78, 5) is 11.1. The zero-order valence-corrected chi connectivity index (χ0v) is 34.5. The van der Waals surface area contributed by atoms with Gasteiger partial charge in [-0.2, -0.15) is 0 Å². The summed E-state index contributed by atoms with van der Waals surface area (Å²) in [7, 11) is 0. The van der Waals surface area contributed by atoms with Gasteiger partial charge in [-0.25, -0.2) is 9.97 Å². The van der Waals surface area contributed by atoms with Crippen molar-refractivity contribution in [3.05, 3.63) is 193 Å². The van der Waals surface area contributed by atoms with Crippen LogP contribution in [0, 0.1) is 0 Å². The summed E-state index contributed by atoms with van der Waals surface area (Å²) in [6, 6.07) is 65.0. The molecule has 0 saturated carbocycles. The Kier molecular flexibility index (Phi) is 6.87. The van der Waals surface area contributed by atoms with Gasteiger partial charge in [-0.15, -0.1) is 0 Å².